The van der Waals surface area contributed by atoms with Crippen LogP contribution in [0.15, 0.2) is 30.6 Å². The molecule has 0 aliphatic carbocycles. The van der Waals surface area contributed by atoms with Crippen molar-refractivity contribution in [2.75, 3.05) is 23.3 Å². The fourth-order valence-corrected chi connectivity index (χ4v) is 3.53. The summed E-state index contributed by atoms with van der Waals surface area (Å²) in [5, 5.41) is 3.94. The van der Waals surface area contributed by atoms with Crippen LogP contribution in [-0.2, 0) is 6.54 Å². The number of nitrogens with one attached hydrogen (secondary N) is 1. The molecule has 3 N–H and O–H groups in total. The van der Waals surface area contributed by atoms with Gasteiger partial charge in [-0.2, -0.15) is 0 Å². The largest absolute Gasteiger partial charge is 0.353 e. The van der Waals surface area contributed by atoms with Gasteiger partial charge in [-0.1, -0.05) is 31.5 Å². The van der Waals surface area contributed by atoms with Crippen LogP contribution in [-0.4, -0.2) is 23.1 Å². The van der Waals surface area contributed by atoms with E-state index in [0.717, 1.165) is 47.8 Å². The lowest BCUT2D eigenvalue weighted by molar-refractivity contribution is 0.310. The maximum absolute atomic E-state index is 6.20. The minimum absolute atomic E-state index is 0.435. The van der Waals surface area contributed by atoms with Crippen molar-refractivity contribution in [3.05, 3.63) is 41.2 Å². The fraction of sp³-hybridized carbons (Fsp3) is 0.474. The van der Waals surface area contributed by atoms with Gasteiger partial charge in [0.15, 0.2) is 0 Å². The van der Waals surface area contributed by atoms with Crippen LogP contribution in [0.1, 0.15) is 32.3 Å². The number of halogens is 1. The molecule has 0 amide bonds. The molecule has 1 saturated heterocycles. The van der Waals surface area contributed by atoms with E-state index in [2.05, 4.69) is 34.0 Å². The SMILES string of the molecule is CC(C)C1CCN(c2ncc(Nc3ccc(CN)c(Cl)c3)cn2)CC1. The van der Waals surface area contributed by atoms with Gasteiger partial charge in [0, 0.05) is 30.3 Å². The first-order valence-electron chi connectivity index (χ1n) is 8.89. The van der Waals surface area contributed by atoms with Crippen molar-refractivity contribution < 1.29 is 0 Å². The lowest BCUT2D eigenvalue weighted by Gasteiger charge is -2.33. The number of anilines is 3. The molecule has 6 heteroatoms. The van der Waals surface area contributed by atoms with E-state index in [4.69, 9.17) is 17.3 Å². The quantitative estimate of drug-likeness (QED) is 0.837. The molecule has 0 saturated carbocycles. The first-order valence-corrected chi connectivity index (χ1v) is 9.27. The summed E-state index contributed by atoms with van der Waals surface area (Å²) in [4.78, 5) is 11.3. The van der Waals surface area contributed by atoms with Crippen molar-refractivity contribution in [2.45, 2.75) is 33.2 Å². The van der Waals surface area contributed by atoms with Gasteiger partial charge in [0.25, 0.3) is 0 Å². The smallest absolute Gasteiger partial charge is 0.225 e. The molecule has 2 heterocycles. The molecule has 3 rings (SSSR count). The molecule has 0 spiro atoms. The van der Waals surface area contributed by atoms with Gasteiger partial charge < -0.3 is 16.0 Å². The second kappa shape index (κ2) is 8.02. The number of piperidine rings is 1. The molecule has 2 aromatic rings. The number of hydrogen-bond donors (Lipinski definition) is 2. The van der Waals surface area contributed by atoms with Crippen LogP contribution < -0.4 is 16.0 Å². The number of aromatic nitrogens is 2. The molecule has 1 fully saturated rings. The minimum atomic E-state index is 0.435. The van der Waals surface area contributed by atoms with E-state index in [1.54, 1.807) is 0 Å². The van der Waals surface area contributed by atoms with Crippen LogP contribution in [0, 0.1) is 11.8 Å². The van der Waals surface area contributed by atoms with Crippen LogP contribution in [0.5, 0.6) is 0 Å². The molecule has 1 aromatic heterocycles. The molecule has 1 aliphatic heterocycles. The normalized spacial score (nSPS) is 15.6. The predicted molar refractivity (Wildman–Crippen MR) is 104 cm³/mol. The van der Waals surface area contributed by atoms with Gasteiger partial charge in [-0.15, -0.1) is 0 Å². The van der Waals surface area contributed by atoms with Crippen molar-refractivity contribution in [3.8, 4) is 0 Å². The number of nitrogens with zero attached hydrogens (tertiary/aromatic N) is 3. The Hall–Kier alpha value is -1.85. The highest BCUT2D eigenvalue weighted by Gasteiger charge is 2.22. The minimum Gasteiger partial charge on any atom is -0.353 e. The topological polar surface area (TPSA) is 67.1 Å². The zero-order valence-corrected chi connectivity index (χ0v) is 15.6. The highest BCUT2D eigenvalue weighted by atomic mass is 35.5. The highest BCUT2D eigenvalue weighted by Crippen LogP contribution is 2.27. The van der Waals surface area contributed by atoms with Crippen LogP contribution in [0.3, 0.4) is 0 Å². The van der Waals surface area contributed by atoms with Gasteiger partial charge in [-0.3, -0.25) is 0 Å². The Morgan fingerprint density at radius 2 is 1.88 bits per heavy atom. The van der Waals surface area contributed by atoms with E-state index < -0.39 is 0 Å². The molecule has 1 aliphatic rings. The number of hydrogen-bond acceptors (Lipinski definition) is 5. The molecule has 1 aromatic carbocycles. The summed E-state index contributed by atoms with van der Waals surface area (Å²) in [6, 6.07) is 5.76. The van der Waals surface area contributed by atoms with Crippen molar-refractivity contribution >= 4 is 28.9 Å². The summed E-state index contributed by atoms with van der Waals surface area (Å²) in [5.74, 6) is 2.38. The van der Waals surface area contributed by atoms with Crippen molar-refractivity contribution in [3.63, 3.8) is 0 Å². The third kappa shape index (κ3) is 4.41. The van der Waals surface area contributed by atoms with Crippen molar-refractivity contribution in [1.29, 1.82) is 0 Å². The first-order chi connectivity index (χ1) is 12.1. The second-order valence-corrected chi connectivity index (χ2v) is 7.38. The van der Waals surface area contributed by atoms with Gasteiger partial charge in [-0.05, 0) is 42.4 Å². The monoisotopic (exact) mass is 359 g/mol. The first kappa shape index (κ1) is 18.0. The second-order valence-electron chi connectivity index (χ2n) is 6.98. The Morgan fingerprint density at radius 3 is 2.44 bits per heavy atom. The van der Waals surface area contributed by atoms with Gasteiger partial charge in [-0.25, -0.2) is 9.97 Å². The molecular formula is C19H26ClN5. The van der Waals surface area contributed by atoms with E-state index in [1.807, 2.05) is 30.6 Å². The molecule has 0 atom stereocenters. The van der Waals surface area contributed by atoms with E-state index in [0.29, 0.717) is 11.6 Å². The summed E-state index contributed by atoms with van der Waals surface area (Å²) in [5.41, 5.74) is 8.31. The zero-order chi connectivity index (χ0) is 17.8. The number of rotatable bonds is 5. The Kier molecular flexibility index (Phi) is 5.76. The van der Waals surface area contributed by atoms with Gasteiger partial charge in [0.2, 0.25) is 5.95 Å². The van der Waals surface area contributed by atoms with Crippen LogP contribution in [0.4, 0.5) is 17.3 Å². The molecular weight excluding hydrogens is 334 g/mol. The Labute approximate surface area is 154 Å². The van der Waals surface area contributed by atoms with E-state index >= 15 is 0 Å². The third-order valence-corrected chi connectivity index (χ3v) is 5.32. The zero-order valence-electron chi connectivity index (χ0n) is 14.9. The summed E-state index contributed by atoms with van der Waals surface area (Å²) < 4.78 is 0. The Morgan fingerprint density at radius 1 is 1.20 bits per heavy atom. The summed E-state index contributed by atoms with van der Waals surface area (Å²) in [6.45, 7) is 7.12. The average molecular weight is 360 g/mol. The van der Waals surface area contributed by atoms with E-state index in [9.17, 15) is 0 Å². The van der Waals surface area contributed by atoms with Crippen LogP contribution in [0.25, 0.3) is 0 Å². The predicted octanol–water partition coefficient (Wildman–Crippen LogP) is 4.20. The summed E-state index contributed by atoms with van der Waals surface area (Å²) in [6.07, 6.45) is 6.07. The number of nitrogens with two attached hydrogens (primary N) is 1. The lowest BCUT2D eigenvalue weighted by Crippen LogP contribution is -2.36. The van der Waals surface area contributed by atoms with Crippen LogP contribution in [0.2, 0.25) is 5.02 Å². The summed E-state index contributed by atoms with van der Waals surface area (Å²) in [7, 11) is 0. The third-order valence-electron chi connectivity index (χ3n) is 4.97. The lowest BCUT2D eigenvalue weighted by atomic mass is 9.87. The molecule has 134 valence electrons. The maximum atomic E-state index is 6.20. The van der Waals surface area contributed by atoms with E-state index in [-0.39, 0.29) is 0 Å². The van der Waals surface area contributed by atoms with Crippen LogP contribution >= 0.6 is 11.6 Å². The highest BCUT2D eigenvalue weighted by molar-refractivity contribution is 6.31. The van der Waals surface area contributed by atoms with Gasteiger partial charge >= 0.3 is 0 Å². The van der Waals surface area contributed by atoms with Crippen molar-refractivity contribution in [2.24, 2.45) is 17.6 Å². The van der Waals surface area contributed by atoms with Gasteiger partial charge in [0.1, 0.15) is 0 Å². The molecule has 0 bridgehead atoms. The maximum Gasteiger partial charge on any atom is 0.225 e. The molecule has 0 unspecified atom stereocenters. The standard InChI is InChI=1S/C19H26ClN5/c1-13(2)14-5-7-25(8-6-14)19-22-11-17(12-23-19)24-16-4-3-15(10-21)18(20)9-16/h3-4,9,11-14,24H,5-8,10,21H2,1-2H3. The number of benzene rings is 1. The van der Waals surface area contributed by atoms with E-state index in [1.165, 1.54) is 12.8 Å². The molecule has 0 radical (unpaired) electrons. The Balaban J connectivity index is 1.62. The summed E-state index contributed by atoms with van der Waals surface area (Å²) >= 11 is 6.20. The Bertz CT molecular complexity index is 693. The van der Waals surface area contributed by atoms with Crippen molar-refractivity contribution in [1.82, 2.24) is 9.97 Å². The average Bonchev–Trinajstić information content (AvgIpc) is 2.63. The van der Waals surface area contributed by atoms with Gasteiger partial charge in [0.05, 0.1) is 18.1 Å². The fourth-order valence-electron chi connectivity index (χ4n) is 3.27. The molecule has 25 heavy (non-hydrogen) atoms. The molecule has 5 nitrogen and oxygen atoms in total.